The Morgan fingerprint density at radius 3 is 2.81 bits per heavy atom. The predicted octanol–water partition coefficient (Wildman–Crippen LogP) is 3.58. The highest BCUT2D eigenvalue weighted by Gasteiger charge is 2.28. The fourth-order valence-electron chi connectivity index (χ4n) is 3.10. The normalized spacial score (nSPS) is 18.0. The summed E-state index contributed by atoms with van der Waals surface area (Å²) in [6.07, 6.45) is 2.52. The molecule has 4 heteroatoms. The fourth-order valence-corrected chi connectivity index (χ4v) is 3.29. The van der Waals surface area contributed by atoms with Gasteiger partial charge in [-0.2, -0.15) is 0 Å². The molecule has 0 aliphatic heterocycles. The number of hydrogen-bond acceptors (Lipinski definition) is 2. The maximum absolute atomic E-state index is 14.0. The molecule has 2 aromatic carbocycles. The largest absolute Gasteiger partial charge is 0.271 e. The first kappa shape index (κ1) is 14.5. The third kappa shape index (κ3) is 2.95. The number of nitrogens with two attached hydrogens (primary N) is 1. The number of nitrogens with one attached hydrogen (secondary N) is 1. The van der Waals surface area contributed by atoms with E-state index in [2.05, 4.69) is 29.7 Å². The third-order valence-corrected chi connectivity index (χ3v) is 4.56. The molecule has 0 fully saturated rings. The van der Waals surface area contributed by atoms with Gasteiger partial charge in [-0.15, -0.1) is 0 Å². The molecule has 0 bridgehead atoms. The standard InChI is InChI=1S/C17H18ClFN2/c18-16-7-3-5-12(17(16)19)9-14(21-20)10-13-8-11-4-1-2-6-15(11)13/h1-7,13-14,21H,8-10,20H2. The van der Waals surface area contributed by atoms with Gasteiger partial charge in [0.1, 0.15) is 5.82 Å². The highest BCUT2D eigenvalue weighted by molar-refractivity contribution is 6.30. The summed E-state index contributed by atoms with van der Waals surface area (Å²) in [6, 6.07) is 13.6. The maximum atomic E-state index is 14.0. The Labute approximate surface area is 129 Å². The molecule has 0 amide bonds. The summed E-state index contributed by atoms with van der Waals surface area (Å²) in [7, 11) is 0. The van der Waals surface area contributed by atoms with Crippen molar-refractivity contribution in [3.63, 3.8) is 0 Å². The van der Waals surface area contributed by atoms with E-state index in [1.807, 2.05) is 0 Å². The Morgan fingerprint density at radius 2 is 2.05 bits per heavy atom. The van der Waals surface area contributed by atoms with Crippen molar-refractivity contribution < 1.29 is 4.39 Å². The van der Waals surface area contributed by atoms with Gasteiger partial charge >= 0.3 is 0 Å². The molecule has 2 aromatic rings. The molecule has 2 nitrogen and oxygen atoms in total. The molecule has 3 N–H and O–H groups in total. The number of benzene rings is 2. The van der Waals surface area contributed by atoms with E-state index in [4.69, 9.17) is 17.4 Å². The van der Waals surface area contributed by atoms with E-state index < -0.39 is 0 Å². The minimum Gasteiger partial charge on any atom is -0.271 e. The van der Waals surface area contributed by atoms with Crippen LogP contribution >= 0.6 is 11.6 Å². The van der Waals surface area contributed by atoms with Crippen LogP contribution in [0.5, 0.6) is 0 Å². The van der Waals surface area contributed by atoms with Gasteiger partial charge in [0, 0.05) is 6.04 Å². The number of rotatable bonds is 5. The van der Waals surface area contributed by atoms with E-state index in [1.54, 1.807) is 18.2 Å². The molecule has 3 rings (SSSR count). The van der Waals surface area contributed by atoms with Crippen LogP contribution in [0, 0.1) is 5.82 Å². The molecular weight excluding hydrogens is 287 g/mol. The minimum atomic E-state index is -0.339. The number of halogens is 2. The molecular formula is C17H18ClFN2. The van der Waals surface area contributed by atoms with Crippen LogP contribution in [0.3, 0.4) is 0 Å². The average molecular weight is 305 g/mol. The van der Waals surface area contributed by atoms with E-state index in [-0.39, 0.29) is 16.9 Å². The summed E-state index contributed by atoms with van der Waals surface area (Å²) in [5.74, 6) is 5.82. The Balaban J connectivity index is 1.68. The summed E-state index contributed by atoms with van der Waals surface area (Å²) in [6.45, 7) is 0. The van der Waals surface area contributed by atoms with Crippen LogP contribution in [0.2, 0.25) is 5.02 Å². The molecule has 2 unspecified atom stereocenters. The van der Waals surface area contributed by atoms with Crippen LogP contribution in [0.4, 0.5) is 4.39 Å². The van der Waals surface area contributed by atoms with Crippen molar-refractivity contribution in [2.75, 3.05) is 0 Å². The monoisotopic (exact) mass is 304 g/mol. The lowest BCUT2D eigenvalue weighted by Gasteiger charge is -2.33. The van der Waals surface area contributed by atoms with Crippen molar-refractivity contribution >= 4 is 11.6 Å². The van der Waals surface area contributed by atoms with Crippen molar-refractivity contribution in [3.05, 3.63) is 70.0 Å². The molecule has 0 saturated heterocycles. The van der Waals surface area contributed by atoms with Crippen molar-refractivity contribution in [1.82, 2.24) is 5.43 Å². The Hall–Kier alpha value is -1.42. The maximum Gasteiger partial charge on any atom is 0.145 e. The van der Waals surface area contributed by atoms with Gasteiger partial charge in [0.2, 0.25) is 0 Å². The predicted molar refractivity (Wildman–Crippen MR) is 83.7 cm³/mol. The minimum absolute atomic E-state index is 0.0383. The smallest absolute Gasteiger partial charge is 0.145 e. The first-order valence-electron chi connectivity index (χ1n) is 7.16. The van der Waals surface area contributed by atoms with E-state index in [9.17, 15) is 4.39 Å². The van der Waals surface area contributed by atoms with E-state index in [0.717, 1.165) is 12.8 Å². The topological polar surface area (TPSA) is 38.0 Å². The van der Waals surface area contributed by atoms with Crippen LogP contribution in [-0.4, -0.2) is 6.04 Å². The van der Waals surface area contributed by atoms with Gasteiger partial charge in [-0.3, -0.25) is 11.3 Å². The molecule has 0 heterocycles. The zero-order valence-corrected chi connectivity index (χ0v) is 12.4. The van der Waals surface area contributed by atoms with Crippen molar-refractivity contribution in [1.29, 1.82) is 0 Å². The summed E-state index contributed by atoms with van der Waals surface area (Å²) < 4.78 is 14.0. The number of hydrogen-bond donors (Lipinski definition) is 2. The quantitative estimate of drug-likeness (QED) is 0.654. The first-order valence-corrected chi connectivity index (χ1v) is 7.53. The molecule has 1 aliphatic carbocycles. The van der Waals surface area contributed by atoms with Crippen molar-refractivity contribution in [3.8, 4) is 0 Å². The third-order valence-electron chi connectivity index (χ3n) is 4.26. The summed E-state index contributed by atoms with van der Waals surface area (Å²) in [4.78, 5) is 0. The summed E-state index contributed by atoms with van der Waals surface area (Å²) in [5, 5.41) is 0.164. The molecule has 0 saturated carbocycles. The van der Waals surface area contributed by atoms with E-state index in [1.165, 1.54) is 11.1 Å². The Morgan fingerprint density at radius 1 is 1.24 bits per heavy atom. The number of fused-ring (bicyclic) bond motifs is 1. The van der Waals surface area contributed by atoms with Crippen LogP contribution in [0.25, 0.3) is 0 Å². The van der Waals surface area contributed by atoms with Gasteiger partial charge in [-0.25, -0.2) is 4.39 Å². The summed E-state index contributed by atoms with van der Waals surface area (Å²) >= 11 is 5.82. The summed E-state index contributed by atoms with van der Waals surface area (Å²) in [5.41, 5.74) is 6.23. The lowest BCUT2D eigenvalue weighted by molar-refractivity contribution is 0.417. The van der Waals surface area contributed by atoms with Crippen molar-refractivity contribution in [2.45, 2.75) is 31.2 Å². The van der Waals surface area contributed by atoms with Crippen LogP contribution in [0.1, 0.15) is 29.0 Å². The van der Waals surface area contributed by atoms with E-state index in [0.29, 0.717) is 17.9 Å². The zero-order valence-electron chi connectivity index (χ0n) is 11.7. The van der Waals surface area contributed by atoms with Gasteiger partial charge < -0.3 is 0 Å². The number of hydrazine groups is 1. The second kappa shape index (κ2) is 6.14. The van der Waals surface area contributed by atoms with Gasteiger partial charge in [0.05, 0.1) is 5.02 Å². The van der Waals surface area contributed by atoms with Crippen LogP contribution in [-0.2, 0) is 12.8 Å². The lowest BCUT2D eigenvalue weighted by atomic mass is 9.74. The Bertz CT molecular complexity index is 644. The zero-order chi connectivity index (χ0) is 14.8. The Kier molecular flexibility index (Phi) is 4.24. The van der Waals surface area contributed by atoms with Crippen LogP contribution < -0.4 is 11.3 Å². The highest BCUT2D eigenvalue weighted by atomic mass is 35.5. The first-order chi connectivity index (χ1) is 10.2. The SMILES string of the molecule is NNC(Cc1cccc(Cl)c1F)CC1Cc2ccccc21. The van der Waals surface area contributed by atoms with Gasteiger partial charge in [-0.05, 0) is 47.9 Å². The second-order valence-electron chi connectivity index (χ2n) is 5.62. The molecule has 21 heavy (non-hydrogen) atoms. The molecule has 0 radical (unpaired) electrons. The molecule has 110 valence electrons. The van der Waals surface area contributed by atoms with Gasteiger partial charge in [-0.1, -0.05) is 48.0 Å². The molecule has 0 spiro atoms. The highest BCUT2D eigenvalue weighted by Crippen LogP contribution is 2.38. The van der Waals surface area contributed by atoms with Crippen LogP contribution in [0.15, 0.2) is 42.5 Å². The molecule has 0 aromatic heterocycles. The molecule has 1 aliphatic rings. The van der Waals surface area contributed by atoms with Gasteiger partial charge in [0.25, 0.3) is 0 Å². The fraction of sp³-hybridized carbons (Fsp3) is 0.294. The van der Waals surface area contributed by atoms with E-state index >= 15 is 0 Å². The molecule has 2 atom stereocenters. The lowest BCUT2D eigenvalue weighted by Crippen LogP contribution is -2.39. The average Bonchev–Trinajstić information content (AvgIpc) is 2.48. The second-order valence-corrected chi connectivity index (χ2v) is 6.02. The van der Waals surface area contributed by atoms with Crippen molar-refractivity contribution in [2.24, 2.45) is 5.84 Å². The van der Waals surface area contributed by atoms with Gasteiger partial charge in [0.15, 0.2) is 0 Å².